The number of carbonyl (C=O) groups is 2. The Labute approximate surface area is 220 Å². The molecule has 0 unspecified atom stereocenters. The van der Waals surface area contributed by atoms with Gasteiger partial charge in [0.25, 0.3) is 0 Å². The molecule has 3 aliphatic heterocycles. The van der Waals surface area contributed by atoms with Crippen LogP contribution in [-0.4, -0.2) is 35.3 Å². The van der Waals surface area contributed by atoms with Gasteiger partial charge in [0, 0.05) is 12.2 Å². The highest BCUT2D eigenvalue weighted by Crippen LogP contribution is 2.45. The van der Waals surface area contributed by atoms with Crippen molar-refractivity contribution in [1.29, 1.82) is 0 Å². The molecule has 192 valence electrons. The van der Waals surface area contributed by atoms with Crippen molar-refractivity contribution >= 4 is 28.8 Å². The maximum atomic E-state index is 13.1. The molecule has 0 bridgehead atoms. The van der Waals surface area contributed by atoms with Crippen LogP contribution in [0.15, 0.2) is 63.8 Å². The van der Waals surface area contributed by atoms with Crippen molar-refractivity contribution in [2.75, 3.05) is 13.4 Å². The number of amides is 1. The molecular weight excluding hydrogens is 490 g/mol. The molecule has 0 spiro atoms. The summed E-state index contributed by atoms with van der Waals surface area (Å²) in [4.78, 5) is 32.9. The molecule has 5 rings (SSSR count). The maximum absolute atomic E-state index is 13.1. The number of aliphatic imine (C=N–C) groups is 1. The fourth-order valence-corrected chi connectivity index (χ4v) is 5.71. The minimum atomic E-state index is -0.435. The lowest BCUT2D eigenvalue weighted by Crippen LogP contribution is -2.38. The van der Waals surface area contributed by atoms with Gasteiger partial charge >= 0.3 is 5.97 Å². The lowest BCUT2D eigenvalue weighted by molar-refractivity contribution is -0.139. The predicted molar refractivity (Wildman–Crippen MR) is 142 cm³/mol. The topological polar surface area (TPSA) is 89.5 Å². The quantitative estimate of drug-likeness (QED) is 0.522. The lowest BCUT2D eigenvalue weighted by Gasteiger charge is -2.37. The van der Waals surface area contributed by atoms with E-state index in [2.05, 4.69) is 11.4 Å². The third kappa shape index (κ3) is 4.96. The zero-order chi connectivity index (χ0) is 26.1. The smallest absolute Gasteiger partial charge is 0.338 e. The normalized spacial score (nSPS) is 17.8. The predicted octanol–water partition coefficient (Wildman–Crippen LogP) is 4.88. The number of nitrogens with one attached hydrogen (secondary N) is 1. The van der Waals surface area contributed by atoms with Gasteiger partial charge in [-0.15, -0.1) is 0 Å². The van der Waals surface area contributed by atoms with Gasteiger partial charge < -0.3 is 24.4 Å². The Morgan fingerprint density at radius 1 is 1.14 bits per heavy atom. The van der Waals surface area contributed by atoms with Gasteiger partial charge in [-0.2, -0.15) is 0 Å². The molecule has 8 nitrogen and oxygen atoms in total. The lowest BCUT2D eigenvalue weighted by atomic mass is 9.90. The number of ether oxygens (including phenoxy) is 3. The van der Waals surface area contributed by atoms with E-state index in [1.165, 1.54) is 11.8 Å². The standard InChI is InChI=1S/C28H29N3O5S/c1-5-34-27(33)25-18(4)30-28-31(26(25)21-8-6-16(2)10-17(21)3)20(14-37-28)12-24(32)29-13-19-7-9-22-23(11-19)36-15-35-22/h6-11,14,26H,5,12-13,15H2,1-4H3,(H,29,32)/t26-/m1/s1. The average Bonchev–Trinajstić information content (AvgIpc) is 3.49. The minimum Gasteiger partial charge on any atom is -0.463 e. The van der Waals surface area contributed by atoms with Crippen molar-refractivity contribution in [3.05, 3.63) is 81.0 Å². The van der Waals surface area contributed by atoms with Crippen molar-refractivity contribution in [3.8, 4) is 11.5 Å². The van der Waals surface area contributed by atoms with E-state index in [-0.39, 0.29) is 25.7 Å². The molecular formula is C28H29N3O5S. The first-order valence-corrected chi connectivity index (χ1v) is 13.1. The van der Waals surface area contributed by atoms with Crippen molar-refractivity contribution in [2.24, 2.45) is 4.99 Å². The molecule has 3 aliphatic rings. The van der Waals surface area contributed by atoms with E-state index in [1.807, 2.05) is 61.4 Å². The van der Waals surface area contributed by atoms with Gasteiger partial charge in [0.15, 0.2) is 16.7 Å². The molecule has 0 aliphatic carbocycles. The van der Waals surface area contributed by atoms with E-state index in [9.17, 15) is 9.59 Å². The average molecular weight is 520 g/mol. The molecule has 0 saturated heterocycles. The number of aryl methyl sites for hydroxylation is 2. The third-order valence-electron chi connectivity index (χ3n) is 6.48. The maximum Gasteiger partial charge on any atom is 0.338 e. The molecule has 37 heavy (non-hydrogen) atoms. The summed E-state index contributed by atoms with van der Waals surface area (Å²) >= 11 is 1.46. The van der Waals surface area contributed by atoms with E-state index in [0.29, 0.717) is 29.3 Å². The van der Waals surface area contributed by atoms with Gasteiger partial charge in [0.2, 0.25) is 12.7 Å². The molecule has 2 aromatic carbocycles. The molecule has 9 heteroatoms. The van der Waals surface area contributed by atoms with Crippen LogP contribution in [0.25, 0.3) is 0 Å². The molecule has 1 atom stereocenters. The van der Waals surface area contributed by atoms with Gasteiger partial charge in [-0.05, 0) is 61.9 Å². The number of benzene rings is 2. The molecule has 0 fully saturated rings. The SMILES string of the molecule is CCOC(=O)C1=C(C)N=C2SC=C(CC(=O)NCc3ccc4c(c3)OCO4)N2[C@@H]1c1ccc(C)cc1C. The largest absolute Gasteiger partial charge is 0.463 e. The number of fused-ring (bicyclic) bond motifs is 2. The molecule has 1 N–H and O–H groups in total. The molecule has 0 radical (unpaired) electrons. The number of carbonyl (C=O) groups excluding carboxylic acids is 2. The number of thioether (sulfide) groups is 1. The van der Waals surface area contributed by atoms with Gasteiger partial charge in [-0.3, -0.25) is 4.79 Å². The Kier molecular flexibility index (Phi) is 6.97. The van der Waals surface area contributed by atoms with Crippen molar-refractivity contribution in [2.45, 2.75) is 46.7 Å². The van der Waals surface area contributed by atoms with Crippen LogP contribution in [0, 0.1) is 13.8 Å². The summed E-state index contributed by atoms with van der Waals surface area (Å²) in [6, 6.07) is 11.4. The van der Waals surface area contributed by atoms with Gasteiger partial charge in [-0.1, -0.05) is 41.6 Å². The van der Waals surface area contributed by atoms with Crippen LogP contribution in [0.1, 0.15) is 48.6 Å². The number of esters is 1. The third-order valence-corrected chi connectivity index (χ3v) is 7.37. The molecule has 2 aromatic rings. The summed E-state index contributed by atoms with van der Waals surface area (Å²) in [5.74, 6) is 0.865. The Hall–Kier alpha value is -3.72. The number of rotatable bonds is 7. The number of hydrogen-bond acceptors (Lipinski definition) is 8. The monoisotopic (exact) mass is 519 g/mol. The van der Waals surface area contributed by atoms with E-state index < -0.39 is 12.0 Å². The summed E-state index contributed by atoms with van der Waals surface area (Å²) in [5.41, 5.74) is 6.00. The minimum absolute atomic E-state index is 0.130. The highest BCUT2D eigenvalue weighted by Gasteiger charge is 2.41. The van der Waals surface area contributed by atoms with Gasteiger partial charge in [-0.25, -0.2) is 9.79 Å². The van der Waals surface area contributed by atoms with Crippen molar-refractivity contribution in [3.63, 3.8) is 0 Å². The van der Waals surface area contributed by atoms with E-state index in [4.69, 9.17) is 19.2 Å². The van der Waals surface area contributed by atoms with Crippen LogP contribution in [0.5, 0.6) is 11.5 Å². The van der Waals surface area contributed by atoms with Crippen LogP contribution < -0.4 is 14.8 Å². The second kappa shape index (κ2) is 10.3. The molecule has 0 aromatic heterocycles. The number of nitrogens with zero attached hydrogens (tertiary/aromatic N) is 2. The fraction of sp³-hybridized carbons (Fsp3) is 0.321. The Morgan fingerprint density at radius 2 is 1.95 bits per heavy atom. The second-order valence-corrected chi connectivity index (χ2v) is 9.95. The highest BCUT2D eigenvalue weighted by molar-refractivity contribution is 8.16. The zero-order valence-corrected chi connectivity index (χ0v) is 22.1. The molecule has 0 saturated carbocycles. The number of amidine groups is 1. The van der Waals surface area contributed by atoms with Crippen molar-refractivity contribution in [1.82, 2.24) is 10.2 Å². The van der Waals surface area contributed by atoms with E-state index >= 15 is 0 Å². The first kappa shape index (κ1) is 25.0. The van der Waals surface area contributed by atoms with Crippen molar-refractivity contribution < 1.29 is 23.8 Å². The zero-order valence-electron chi connectivity index (χ0n) is 21.3. The molecule has 1 amide bonds. The van der Waals surface area contributed by atoms with Gasteiger partial charge in [0.1, 0.15) is 0 Å². The summed E-state index contributed by atoms with van der Waals surface area (Å²) in [6.45, 7) is 8.55. The summed E-state index contributed by atoms with van der Waals surface area (Å²) in [6.07, 6.45) is 0.146. The highest BCUT2D eigenvalue weighted by atomic mass is 32.2. The van der Waals surface area contributed by atoms with Crippen LogP contribution >= 0.6 is 11.8 Å². The van der Waals surface area contributed by atoms with Gasteiger partial charge in [0.05, 0.1) is 30.3 Å². The summed E-state index contributed by atoms with van der Waals surface area (Å²) in [7, 11) is 0. The Morgan fingerprint density at radius 3 is 2.73 bits per heavy atom. The van der Waals surface area contributed by atoms with E-state index in [1.54, 1.807) is 6.92 Å². The second-order valence-electron chi connectivity index (χ2n) is 9.11. The van der Waals surface area contributed by atoms with E-state index in [0.717, 1.165) is 33.1 Å². The van der Waals surface area contributed by atoms with Crippen LogP contribution in [-0.2, 0) is 20.9 Å². The number of allylic oxidation sites excluding steroid dienone is 1. The summed E-state index contributed by atoms with van der Waals surface area (Å²) in [5, 5.41) is 5.68. The van der Waals surface area contributed by atoms with Crippen LogP contribution in [0.3, 0.4) is 0 Å². The molecule has 3 heterocycles. The van der Waals surface area contributed by atoms with Crippen LogP contribution in [0.2, 0.25) is 0 Å². The number of hydrogen-bond donors (Lipinski definition) is 1. The first-order chi connectivity index (χ1) is 17.9. The fourth-order valence-electron chi connectivity index (χ4n) is 4.74. The Balaban J connectivity index is 1.39. The Bertz CT molecular complexity index is 1360. The van der Waals surface area contributed by atoms with Crippen LogP contribution in [0.4, 0.5) is 0 Å². The summed E-state index contributed by atoms with van der Waals surface area (Å²) < 4.78 is 16.2. The first-order valence-electron chi connectivity index (χ1n) is 12.2.